The maximum atomic E-state index is 2.48. The molecule has 0 saturated heterocycles. The molecule has 0 fully saturated rings. The minimum atomic E-state index is 1.16. The van der Waals surface area contributed by atoms with E-state index in [1.165, 1.54) is 247 Å². The molecule has 30 aromatic rings. The zero-order valence-electron chi connectivity index (χ0n) is 78.6. The van der Waals surface area contributed by atoms with Crippen molar-refractivity contribution < 1.29 is 0 Å². The van der Waals surface area contributed by atoms with Crippen molar-refractivity contribution in [1.29, 1.82) is 0 Å². The second-order valence-electron chi connectivity index (χ2n) is 37.6. The molecule has 0 aliphatic rings. The SMILES string of the molecule is c1ccc(-c2ccc3c(c2)c2c4c5ccccc5n(-c5ccc(-c6ccccc6)c6ccccc56)c4ccc2n3-c2ccccc2)cc1.c1ccc(-c2ccc3c4c5c6ccccc6n(-c6ccc(-c7ccccc7)c7ccccc67)c5ccc4n(-c4ccccc4)c3c2)cc1.c1ccc(-c2ccc3cc(-n4c5ccccc5c5c6c7ccc(-c8ccccc8)cc7n(-c7ccccc7)c6ccc54)ccc3c2)cc1. The molecule has 30 rings (SSSR count). The predicted octanol–water partition coefficient (Wildman–Crippen LogP) is 37.1. The van der Waals surface area contributed by atoms with Gasteiger partial charge in [0.1, 0.15) is 0 Å². The number of benzene rings is 24. The van der Waals surface area contributed by atoms with Crippen molar-refractivity contribution >= 4 is 163 Å². The maximum absolute atomic E-state index is 2.48. The molecule has 0 N–H and O–H groups in total. The van der Waals surface area contributed by atoms with Crippen LogP contribution < -0.4 is 0 Å². The van der Waals surface area contributed by atoms with Gasteiger partial charge in [-0.2, -0.15) is 0 Å². The molecule has 6 heteroatoms. The van der Waals surface area contributed by atoms with Gasteiger partial charge in [-0.15, -0.1) is 0 Å². The van der Waals surface area contributed by atoms with E-state index in [-0.39, 0.29) is 0 Å². The lowest BCUT2D eigenvalue weighted by molar-refractivity contribution is 1.17. The summed E-state index contributed by atoms with van der Waals surface area (Å²) in [4.78, 5) is 0. The Morgan fingerprint density at radius 2 is 0.347 bits per heavy atom. The van der Waals surface area contributed by atoms with Crippen LogP contribution in [-0.2, 0) is 0 Å². The van der Waals surface area contributed by atoms with E-state index in [0.717, 1.165) is 17.1 Å². The summed E-state index contributed by atoms with van der Waals surface area (Å²) in [5, 5.41) is 22.7. The van der Waals surface area contributed by atoms with Crippen LogP contribution in [0.25, 0.3) is 264 Å². The summed E-state index contributed by atoms with van der Waals surface area (Å²) in [7, 11) is 0. The highest BCUT2D eigenvalue weighted by Gasteiger charge is 2.28. The van der Waals surface area contributed by atoms with Gasteiger partial charge in [-0.3, -0.25) is 0 Å². The lowest BCUT2D eigenvalue weighted by atomic mass is 9.97. The van der Waals surface area contributed by atoms with E-state index in [1.807, 2.05) is 0 Å². The topological polar surface area (TPSA) is 29.6 Å². The summed E-state index contributed by atoms with van der Waals surface area (Å²) in [6, 6.07) is 198. The first-order valence-corrected chi connectivity index (χ1v) is 49.6. The molecule has 6 nitrogen and oxygen atoms in total. The van der Waals surface area contributed by atoms with Crippen LogP contribution in [0.1, 0.15) is 0 Å². The fraction of sp³-hybridized carbons (Fsp3) is 0. The van der Waals surface area contributed by atoms with Crippen molar-refractivity contribution in [2.45, 2.75) is 0 Å². The average Bonchev–Trinajstić information content (AvgIpc) is 1.54. The molecule has 0 unspecified atom stereocenters. The molecule has 144 heavy (non-hydrogen) atoms. The standard InChI is InChI=1S/3C46H30N2/c1-4-14-31(15-5-1)33-24-26-42-39(30-33)46-43(47(42)34-18-8-3-9-19-34)28-29-44-45(46)38-22-12-13-23-40(38)48(44)41-27-25-35(32-16-6-2-7-17-32)36-20-10-11-21-37(36)41;1-4-14-31(15-5-1)33-24-25-39-44(30-33)47(34-18-8-3-9-19-34)42-28-29-43-45(46(39)42)38-22-12-13-23-40(38)48(43)41-27-26-35(32-16-6-2-7-17-32)36-20-10-11-21-37(36)41;1-4-12-31(13-5-1)33-20-21-35-29-38(24-22-34(35)28-33)48-41-19-11-10-18-39(41)45-43(48)27-26-42-46(45)40-25-23-36(32-14-6-2-7-15-32)30-44(40)47(42)37-16-8-3-9-17-37/h3*1-30H. The number of fused-ring (bicyclic) bond motifs is 24. The Balaban J connectivity index is 0.000000105. The number of hydrogen-bond acceptors (Lipinski definition) is 0. The molecule has 0 bridgehead atoms. The fourth-order valence-corrected chi connectivity index (χ4v) is 23.4. The average molecular weight is 1830 g/mol. The van der Waals surface area contributed by atoms with Gasteiger partial charge in [-0.25, -0.2) is 0 Å². The highest BCUT2D eigenvalue weighted by Crippen LogP contribution is 2.51. The van der Waals surface area contributed by atoms with E-state index in [1.54, 1.807) is 0 Å². The first-order chi connectivity index (χ1) is 71.5. The molecule has 6 heterocycles. The van der Waals surface area contributed by atoms with E-state index >= 15 is 0 Å². The van der Waals surface area contributed by atoms with Crippen molar-refractivity contribution in [3.8, 4) is 101 Å². The third-order valence-corrected chi connectivity index (χ3v) is 29.7. The number of rotatable bonds is 12. The zero-order valence-corrected chi connectivity index (χ0v) is 78.6. The summed E-state index contributed by atoms with van der Waals surface area (Å²) in [6.07, 6.45) is 0. The smallest absolute Gasteiger partial charge is 0.0549 e. The molecule has 0 saturated carbocycles. The van der Waals surface area contributed by atoms with E-state index in [9.17, 15) is 0 Å². The van der Waals surface area contributed by atoms with Crippen molar-refractivity contribution in [2.24, 2.45) is 0 Å². The molecule has 0 spiro atoms. The minimum absolute atomic E-state index is 1.16. The van der Waals surface area contributed by atoms with Gasteiger partial charge in [0.2, 0.25) is 0 Å². The third kappa shape index (κ3) is 13.6. The molecular weight excluding hydrogens is 1740 g/mol. The normalized spacial score (nSPS) is 11.8. The van der Waals surface area contributed by atoms with Gasteiger partial charge >= 0.3 is 0 Å². The zero-order chi connectivity index (χ0) is 94.8. The van der Waals surface area contributed by atoms with Gasteiger partial charge in [0.15, 0.2) is 0 Å². The summed E-state index contributed by atoms with van der Waals surface area (Å²) < 4.78 is 14.7. The third-order valence-electron chi connectivity index (χ3n) is 29.7. The number of nitrogens with zero attached hydrogens (tertiary/aromatic N) is 6. The van der Waals surface area contributed by atoms with Gasteiger partial charge in [-0.1, -0.05) is 400 Å². The van der Waals surface area contributed by atoms with Crippen LogP contribution >= 0.6 is 0 Å². The van der Waals surface area contributed by atoms with Crippen LogP contribution in [0.15, 0.2) is 546 Å². The molecular formula is C138H90N6. The second kappa shape index (κ2) is 34.5. The second-order valence-corrected chi connectivity index (χ2v) is 37.6. The van der Waals surface area contributed by atoms with Crippen molar-refractivity contribution in [1.82, 2.24) is 27.4 Å². The monoisotopic (exact) mass is 1830 g/mol. The lowest BCUT2D eigenvalue weighted by Crippen LogP contribution is -1.96. The van der Waals surface area contributed by atoms with Gasteiger partial charge < -0.3 is 27.4 Å². The van der Waals surface area contributed by atoms with Crippen molar-refractivity contribution in [3.63, 3.8) is 0 Å². The highest BCUT2D eigenvalue weighted by molar-refractivity contribution is 6.33. The summed E-state index contributed by atoms with van der Waals surface area (Å²) in [6.45, 7) is 0. The quantitative estimate of drug-likeness (QED) is 0.117. The van der Waals surface area contributed by atoms with Gasteiger partial charge in [0, 0.05) is 98.2 Å². The summed E-state index contributed by atoms with van der Waals surface area (Å²) in [5.41, 5.74) is 36.3. The van der Waals surface area contributed by atoms with Crippen molar-refractivity contribution in [2.75, 3.05) is 0 Å². The molecule has 0 atom stereocenters. The first kappa shape index (κ1) is 83.1. The molecule has 0 aliphatic heterocycles. The molecule has 6 aromatic heterocycles. The molecule has 0 aliphatic carbocycles. The van der Waals surface area contributed by atoms with Gasteiger partial charge in [0.25, 0.3) is 0 Å². The van der Waals surface area contributed by atoms with Crippen molar-refractivity contribution in [3.05, 3.63) is 546 Å². The van der Waals surface area contributed by atoms with E-state index in [4.69, 9.17) is 0 Å². The van der Waals surface area contributed by atoms with Crippen LogP contribution in [0.2, 0.25) is 0 Å². The Bertz CT molecular complexity index is 10300. The fourth-order valence-electron chi connectivity index (χ4n) is 23.4. The Morgan fingerprint density at radius 1 is 0.104 bits per heavy atom. The first-order valence-electron chi connectivity index (χ1n) is 49.6. The molecule has 672 valence electrons. The number of aromatic nitrogens is 6. The van der Waals surface area contributed by atoms with Crippen LogP contribution in [0.5, 0.6) is 0 Å². The minimum Gasteiger partial charge on any atom is -0.309 e. The largest absolute Gasteiger partial charge is 0.309 e. The van der Waals surface area contributed by atoms with Gasteiger partial charge in [0.05, 0.1) is 77.6 Å². The highest BCUT2D eigenvalue weighted by atomic mass is 15.0. The summed E-state index contributed by atoms with van der Waals surface area (Å²) in [5.74, 6) is 0. The Hall–Kier alpha value is -19.1. The van der Waals surface area contributed by atoms with Crippen LogP contribution in [0.3, 0.4) is 0 Å². The van der Waals surface area contributed by atoms with Gasteiger partial charge in [-0.05, 0) is 234 Å². The number of hydrogen-bond donors (Lipinski definition) is 0. The van der Waals surface area contributed by atoms with Crippen LogP contribution in [0.4, 0.5) is 0 Å². The Morgan fingerprint density at radius 3 is 0.729 bits per heavy atom. The molecule has 0 radical (unpaired) electrons. The van der Waals surface area contributed by atoms with Crippen LogP contribution in [-0.4, -0.2) is 27.4 Å². The predicted molar refractivity (Wildman–Crippen MR) is 610 cm³/mol. The lowest BCUT2D eigenvalue weighted by Gasteiger charge is -2.15. The van der Waals surface area contributed by atoms with E-state index < -0.39 is 0 Å². The molecule has 0 amide bonds. The molecule has 24 aromatic carbocycles. The Labute approximate surface area is 831 Å². The maximum Gasteiger partial charge on any atom is 0.0549 e. The summed E-state index contributed by atoms with van der Waals surface area (Å²) >= 11 is 0. The van der Waals surface area contributed by atoms with E-state index in [0.29, 0.717) is 0 Å². The van der Waals surface area contributed by atoms with Crippen LogP contribution in [0, 0.1) is 0 Å². The number of para-hydroxylation sites is 6. The van der Waals surface area contributed by atoms with E-state index in [2.05, 4.69) is 573 Å². The Kier molecular flexibility index (Phi) is 19.9.